The van der Waals surface area contributed by atoms with Gasteiger partial charge in [-0.05, 0) is 18.4 Å². The first-order chi connectivity index (χ1) is 9.81. The van der Waals surface area contributed by atoms with Gasteiger partial charge in [-0.15, -0.1) is 0 Å². The summed E-state index contributed by atoms with van der Waals surface area (Å²) in [7, 11) is 0. The van der Waals surface area contributed by atoms with Crippen molar-refractivity contribution in [1.82, 2.24) is 4.90 Å². The number of hydrogen-bond acceptors (Lipinski definition) is 2. The van der Waals surface area contributed by atoms with Crippen LogP contribution in [0.2, 0.25) is 0 Å². The first-order valence-electron chi connectivity index (χ1n) is 7.84. The van der Waals surface area contributed by atoms with Gasteiger partial charge in [0, 0.05) is 25.6 Å². The minimum Gasteiger partial charge on any atom is -0.337 e. The molecule has 1 aromatic rings. The van der Waals surface area contributed by atoms with Crippen molar-refractivity contribution in [3.05, 3.63) is 35.9 Å². The van der Waals surface area contributed by atoms with Crippen molar-refractivity contribution in [3.8, 4) is 0 Å². The van der Waals surface area contributed by atoms with E-state index in [0.29, 0.717) is 25.5 Å². The number of hydrogen-bond donors (Lipinski definition) is 1. The molecule has 0 aromatic heterocycles. The normalized spacial score (nSPS) is 16.6. The summed E-state index contributed by atoms with van der Waals surface area (Å²) in [6, 6.07) is 10.2. The number of nitrogens with two attached hydrogens (primary N) is 1. The van der Waals surface area contributed by atoms with Gasteiger partial charge in [0.1, 0.15) is 0 Å². The third-order valence-corrected chi connectivity index (χ3v) is 4.13. The second-order valence-corrected chi connectivity index (χ2v) is 5.72. The number of carbonyl (C=O) groups is 1. The van der Waals surface area contributed by atoms with Gasteiger partial charge >= 0.3 is 0 Å². The highest BCUT2D eigenvalue weighted by atomic mass is 16.2. The van der Waals surface area contributed by atoms with Crippen molar-refractivity contribution >= 4 is 5.91 Å². The molecule has 0 bridgehead atoms. The zero-order valence-corrected chi connectivity index (χ0v) is 12.3. The van der Waals surface area contributed by atoms with E-state index in [1.54, 1.807) is 0 Å². The molecular formula is C17H26N2O. The fourth-order valence-corrected chi connectivity index (χ4v) is 3.01. The van der Waals surface area contributed by atoms with Gasteiger partial charge in [-0.25, -0.2) is 0 Å². The Morgan fingerprint density at radius 3 is 2.35 bits per heavy atom. The maximum Gasteiger partial charge on any atom is 0.226 e. The maximum absolute atomic E-state index is 12.7. The van der Waals surface area contributed by atoms with Gasteiger partial charge in [-0.3, -0.25) is 4.79 Å². The number of nitrogens with zero attached hydrogens (tertiary/aromatic N) is 1. The zero-order valence-electron chi connectivity index (χ0n) is 12.3. The number of benzene rings is 1. The molecule has 0 atom stereocenters. The molecule has 0 saturated heterocycles. The third-order valence-electron chi connectivity index (χ3n) is 4.13. The molecule has 3 nitrogen and oxygen atoms in total. The number of carbonyl (C=O) groups excluding carboxylic acids is 1. The minimum absolute atomic E-state index is 0.216. The molecule has 2 N–H and O–H groups in total. The number of amides is 1. The predicted molar refractivity (Wildman–Crippen MR) is 82.1 cm³/mol. The van der Waals surface area contributed by atoms with Crippen molar-refractivity contribution in [1.29, 1.82) is 0 Å². The van der Waals surface area contributed by atoms with E-state index in [9.17, 15) is 4.79 Å². The Kier molecular flexibility index (Phi) is 6.06. The second-order valence-electron chi connectivity index (χ2n) is 5.72. The molecule has 1 fully saturated rings. The van der Waals surface area contributed by atoms with Crippen LogP contribution in [0.25, 0.3) is 0 Å². The summed E-state index contributed by atoms with van der Waals surface area (Å²) in [6.07, 6.45) is 7.04. The van der Waals surface area contributed by atoms with Gasteiger partial charge in [0.05, 0.1) is 0 Å². The van der Waals surface area contributed by atoms with Crippen molar-refractivity contribution in [2.24, 2.45) is 11.7 Å². The summed E-state index contributed by atoms with van der Waals surface area (Å²) in [4.78, 5) is 14.7. The Labute approximate surface area is 122 Å². The topological polar surface area (TPSA) is 46.3 Å². The fourth-order valence-electron chi connectivity index (χ4n) is 3.01. The van der Waals surface area contributed by atoms with Crippen LogP contribution in [-0.4, -0.2) is 23.9 Å². The molecule has 0 heterocycles. The molecule has 1 aliphatic rings. The van der Waals surface area contributed by atoms with Gasteiger partial charge in [0.2, 0.25) is 5.91 Å². The van der Waals surface area contributed by atoms with E-state index in [4.69, 9.17) is 5.73 Å². The van der Waals surface area contributed by atoms with Crippen LogP contribution in [0.15, 0.2) is 30.3 Å². The SMILES string of the molecule is NCCN(Cc1ccccc1)C(=O)C1CCCCCC1. The van der Waals surface area contributed by atoms with Crippen molar-refractivity contribution < 1.29 is 4.79 Å². The summed E-state index contributed by atoms with van der Waals surface area (Å²) >= 11 is 0. The van der Waals surface area contributed by atoms with E-state index < -0.39 is 0 Å². The lowest BCUT2D eigenvalue weighted by molar-refractivity contribution is -0.136. The Morgan fingerprint density at radius 2 is 1.75 bits per heavy atom. The number of rotatable bonds is 5. The largest absolute Gasteiger partial charge is 0.337 e. The highest BCUT2D eigenvalue weighted by Gasteiger charge is 2.24. The van der Waals surface area contributed by atoms with Crippen LogP contribution in [0, 0.1) is 5.92 Å². The summed E-state index contributed by atoms with van der Waals surface area (Å²) in [5, 5.41) is 0. The molecule has 0 radical (unpaired) electrons. The Morgan fingerprint density at radius 1 is 1.10 bits per heavy atom. The van der Waals surface area contributed by atoms with E-state index >= 15 is 0 Å². The average molecular weight is 274 g/mol. The molecule has 20 heavy (non-hydrogen) atoms. The fraction of sp³-hybridized carbons (Fsp3) is 0.588. The van der Waals surface area contributed by atoms with E-state index in [1.165, 1.54) is 31.2 Å². The zero-order chi connectivity index (χ0) is 14.2. The van der Waals surface area contributed by atoms with Crippen LogP contribution in [-0.2, 0) is 11.3 Å². The molecule has 1 aliphatic carbocycles. The third kappa shape index (κ3) is 4.34. The lowest BCUT2D eigenvalue weighted by Gasteiger charge is -2.26. The summed E-state index contributed by atoms with van der Waals surface area (Å²) in [5.74, 6) is 0.522. The van der Waals surface area contributed by atoms with Gasteiger partial charge in [0.15, 0.2) is 0 Å². The van der Waals surface area contributed by atoms with E-state index in [1.807, 2.05) is 23.1 Å². The highest BCUT2D eigenvalue weighted by Crippen LogP contribution is 2.25. The van der Waals surface area contributed by atoms with Crippen LogP contribution >= 0.6 is 0 Å². The van der Waals surface area contributed by atoms with Gasteiger partial charge in [-0.1, -0.05) is 56.0 Å². The van der Waals surface area contributed by atoms with E-state index in [2.05, 4.69) is 12.1 Å². The average Bonchev–Trinajstić information content (AvgIpc) is 2.76. The molecule has 2 rings (SSSR count). The van der Waals surface area contributed by atoms with Crippen LogP contribution < -0.4 is 5.73 Å². The summed E-state index contributed by atoms with van der Waals surface area (Å²) < 4.78 is 0. The summed E-state index contributed by atoms with van der Waals surface area (Å²) in [6.45, 7) is 1.88. The molecule has 1 aromatic carbocycles. The van der Waals surface area contributed by atoms with Crippen LogP contribution in [0.5, 0.6) is 0 Å². The van der Waals surface area contributed by atoms with Gasteiger partial charge in [0.25, 0.3) is 0 Å². The molecule has 1 amide bonds. The minimum atomic E-state index is 0.216. The Balaban J connectivity index is 2.01. The molecule has 0 unspecified atom stereocenters. The molecule has 110 valence electrons. The van der Waals surface area contributed by atoms with Crippen LogP contribution in [0.3, 0.4) is 0 Å². The van der Waals surface area contributed by atoms with Crippen LogP contribution in [0.1, 0.15) is 44.1 Å². The molecular weight excluding hydrogens is 248 g/mol. The maximum atomic E-state index is 12.7. The smallest absolute Gasteiger partial charge is 0.226 e. The lowest BCUT2D eigenvalue weighted by atomic mass is 9.98. The van der Waals surface area contributed by atoms with Crippen molar-refractivity contribution in [3.63, 3.8) is 0 Å². The molecule has 0 spiro atoms. The monoisotopic (exact) mass is 274 g/mol. The van der Waals surface area contributed by atoms with Crippen LogP contribution in [0.4, 0.5) is 0 Å². The lowest BCUT2D eigenvalue weighted by Crippen LogP contribution is -2.38. The highest BCUT2D eigenvalue weighted by molar-refractivity contribution is 5.78. The predicted octanol–water partition coefficient (Wildman–Crippen LogP) is 2.94. The second kappa shape index (κ2) is 8.05. The first-order valence-corrected chi connectivity index (χ1v) is 7.84. The molecule has 0 aliphatic heterocycles. The van der Waals surface area contributed by atoms with Crippen molar-refractivity contribution in [2.75, 3.05) is 13.1 Å². The summed E-state index contributed by atoms with van der Waals surface area (Å²) in [5.41, 5.74) is 6.87. The Hall–Kier alpha value is -1.35. The van der Waals surface area contributed by atoms with E-state index in [-0.39, 0.29) is 5.92 Å². The van der Waals surface area contributed by atoms with Gasteiger partial charge < -0.3 is 10.6 Å². The standard InChI is InChI=1S/C17H26N2O/c18-12-13-19(14-15-8-4-3-5-9-15)17(20)16-10-6-1-2-7-11-16/h3-5,8-9,16H,1-2,6-7,10-14,18H2. The first kappa shape index (κ1) is 15.0. The van der Waals surface area contributed by atoms with Gasteiger partial charge in [-0.2, -0.15) is 0 Å². The molecule has 3 heteroatoms. The quantitative estimate of drug-likeness (QED) is 0.839. The molecule has 1 saturated carbocycles. The van der Waals surface area contributed by atoms with E-state index in [0.717, 1.165) is 12.8 Å². The van der Waals surface area contributed by atoms with Crippen molar-refractivity contribution in [2.45, 2.75) is 45.1 Å². The Bertz CT molecular complexity index is 397.